The van der Waals surface area contributed by atoms with Gasteiger partial charge in [-0.3, -0.25) is 4.98 Å². The monoisotopic (exact) mass is 294 g/mol. The highest BCUT2D eigenvalue weighted by molar-refractivity contribution is 7.89. The van der Waals surface area contributed by atoms with E-state index in [1.165, 1.54) is 0 Å². The lowest BCUT2D eigenvalue weighted by Gasteiger charge is -2.08. The van der Waals surface area contributed by atoms with Crippen molar-refractivity contribution in [2.75, 3.05) is 5.75 Å². The number of hydrogen-bond acceptors (Lipinski definition) is 4. The molecule has 0 spiro atoms. The van der Waals surface area contributed by atoms with Crippen LogP contribution in [-0.4, -0.2) is 19.2 Å². The minimum Gasteiger partial charge on any atom is -0.463 e. The molecule has 0 amide bonds. The zero-order valence-corrected chi connectivity index (χ0v) is 12.4. The fourth-order valence-corrected chi connectivity index (χ4v) is 3.17. The predicted octanol–water partition coefficient (Wildman–Crippen LogP) is 2.42. The largest absolute Gasteiger partial charge is 0.463 e. The van der Waals surface area contributed by atoms with Crippen LogP contribution < -0.4 is 4.72 Å². The summed E-state index contributed by atoms with van der Waals surface area (Å²) in [5.74, 6) is 0.925. The van der Waals surface area contributed by atoms with Crippen LogP contribution in [0.1, 0.15) is 19.4 Å². The second kappa shape index (κ2) is 6.19. The minimum atomic E-state index is -3.23. The second-order valence-electron chi connectivity index (χ2n) is 5.03. The van der Waals surface area contributed by atoms with Crippen LogP contribution in [0.2, 0.25) is 0 Å². The molecule has 0 bridgehead atoms. The van der Waals surface area contributed by atoms with Crippen molar-refractivity contribution in [1.29, 1.82) is 0 Å². The summed E-state index contributed by atoms with van der Waals surface area (Å²) in [6.07, 6.45) is 3.24. The average Bonchev–Trinajstić information content (AvgIpc) is 2.89. The molecule has 0 atom stereocenters. The summed E-state index contributed by atoms with van der Waals surface area (Å²) in [7, 11) is -3.23. The molecule has 6 heteroatoms. The van der Waals surface area contributed by atoms with E-state index < -0.39 is 10.0 Å². The van der Waals surface area contributed by atoms with Crippen molar-refractivity contribution < 1.29 is 12.8 Å². The third-order valence-corrected chi connectivity index (χ3v) is 4.34. The Labute approximate surface area is 119 Å². The standard InChI is InChI=1S/C14H18N2O3S/c1-11(2)10-20(17,18)16-9-12-5-6-13(15-8-12)14-4-3-7-19-14/h3-8,11,16H,9-10H2,1-2H3. The van der Waals surface area contributed by atoms with Crippen molar-refractivity contribution in [1.82, 2.24) is 9.71 Å². The summed E-state index contributed by atoms with van der Waals surface area (Å²) in [6.45, 7) is 4.00. The fourth-order valence-electron chi connectivity index (χ4n) is 1.79. The maximum absolute atomic E-state index is 11.7. The highest BCUT2D eigenvalue weighted by Gasteiger charge is 2.12. The van der Waals surface area contributed by atoms with Gasteiger partial charge in [-0.2, -0.15) is 0 Å². The molecule has 1 N–H and O–H groups in total. The van der Waals surface area contributed by atoms with Gasteiger partial charge >= 0.3 is 0 Å². The number of nitrogens with one attached hydrogen (secondary N) is 1. The van der Waals surface area contributed by atoms with Crippen molar-refractivity contribution in [2.24, 2.45) is 5.92 Å². The number of sulfonamides is 1. The van der Waals surface area contributed by atoms with Gasteiger partial charge in [-0.1, -0.05) is 19.9 Å². The van der Waals surface area contributed by atoms with E-state index in [1.54, 1.807) is 18.5 Å². The lowest BCUT2D eigenvalue weighted by Crippen LogP contribution is -2.28. The third-order valence-electron chi connectivity index (χ3n) is 2.65. The maximum atomic E-state index is 11.7. The van der Waals surface area contributed by atoms with Crippen LogP contribution in [-0.2, 0) is 16.6 Å². The number of rotatable bonds is 6. The Morgan fingerprint density at radius 3 is 2.65 bits per heavy atom. The van der Waals surface area contributed by atoms with Gasteiger partial charge in [-0.25, -0.2) is 13.1 Å². The zero-order valence-electron chi connectivity index (χ0n) is 11.5. The molecule has 2 aromatic heterocycles. The van der Waals surface area contributed by atoms with E-state index in [-0.39, 0.29) is 18.2 Å². The summed E-state index contributed by atoms with van der Waals surface area (Å²) in [5.41, 5.74) is 1.54. The topological polar surface area (TPSA) is 72.2 Å². The lowest BCUT2D eigenvalue weighted by molar-refractivity contribution is 0.567. The highest BCUT2D eigenvalue weighted by atomic mass is 32.2. The summed E-state index contributed by atoms with van der Waals surface area (Å²) in [4.78, 5) is 4.25. The smallest absolute Gasteiger partial charge is 0.212 e. The first kappa shape index (κ1) is 14.7. The number of furan rings is 1. The van der Waals surface area contributed by atoms with E-state index in [0.29, 0.717) is 5.76 Å². The van der Waals surface area contributed by atoms with E-state index in [9.17, 15) is 8.42 Å². The minimum absolute atomic E-state index is 0.104. The number of nitrogens with zero attached hydrogens (tertiary/aromatic N) is 1. The SMILES string of the molecule is CC(C)CS(=O)(=O)NCc1ccc(-c2ccco2)nc1. The molecule has 20 heavy (non-hydrogen) atoms. The summed E-state index contributed by atoms with van der Waals surface area (Å²) in [5, 5.41) is 0. The molecule has 2 rings (SSSR count). The Balaban J connectivity index is 1.98. The molecule has 0 radical (unpaired) electrons. The molecule has 2 heterocycles. The summed E-state index contributed by atoms with van der Waals surface area (Å²) < 4.78 is 31.3. The van der Waals surface area contributed by atoms with E-state index in [4.69, 9.17) is 4.42 Å². The number of hydrogen-bond donors (Lipinski definition) is 1. The molecule has 2 aromatic rings. The Kier molecular flexibility index (Phi) is 4.57. The maximum Gasteiger partial charge on any atom is 0.212 e. The molecule has 0 aliphatic heterocycles. The van der Waals surface area contributed by atoms with E-state index in [0.717, 1.165) is 11.3 Å². The number of aromatic nitrogens is 1. The molecule has 0 unspecified atom stereocenters. The van der Waals surface area contributed by atoms with Gasteiger partial charge in [0.25, 0.3) is 0 Å². The van der Waals surface area contributed by atoms with Gasteiger partial charge in [-0.15, -0.1) is 0 Å². The van der Waals surface area contributed by atoms with Gasteiger partial charge in [0.15, 0.2) is 5.76 Å². The molecular weight excluding hydrogens is 276 g/mol. The van der Waals surface area contributed by atoms with Crippen LogP contribution >= 0.6 is 0 Å². The van der Waals surface area contributed by atoms with E-state index >= 15 is 0 Å². The Morgan fingerprint density at radius 1 is 1.30 bits per heavy atom. The van der Waals surface area contributed by atoms with Gasteiger partial charge in [-0.05, 0) is 29.7 Å². The Morgan fingerprint density at radius 2 is 2.10 bits per heavy atom. The number of pyridine rings is 1. The van der Waals surface area contributed by atoms with Crippen LogP contribution in [0.4, 0.5) is 0 Å². The van der Waals surface area contributed by atoms with Gasteiger partial charge in [0, 0.05) is 12.7 Å². The van der Waals surface area contributed by atoms with Crippen LogP contribution in [0.3, 0.4) is 0 Å². The molecule has 0 aliphatic rings. The van der Waals surface area contributed by atoms with E-state index in [2.05, 4.69) is 9.71 Å². The summed E-state index contributed by atoms with van der Waals surface area (Å²) >= 11 is 0. The molecule has 0 fully saturated rings. The highest BCUT2D eigenvalue weighted by Crippen LogP contribution is 2.17. The Bertz CT molecular complexity index is 632. The van der Waals surface area contributed by atoms with Crippen molar-refractivity contribution in [3.8, 4) is 11.5 Å². The predicted molar refractivity (Wildman–Crippen MR) is 77.4 cm³/mol. The third kappa shape index (κ3) is 4.18. The van der Waals surface area contributed by atoms with Crippen LogP contribution in [0.5, 0.6) is 0 Å². The van der Waals surface area contributed by atoms with Crippen molar-refractivity contribution in [3.05, 3.63) is 42.3 Å². The van der Waals surface area contributed by atoms with Crippen molar-refractivity contribution in [3.63, 3.8) is 0 Å². The quantitative estimate of drug-likeness (QED) is 0.888. The first-order valence-corrected chi connectivity index (χ1v) is 8.07. The first-order chi connectivity index (χ1) is 9.46. The van der Waals surface area contributed by atoms with Crippen LogP contribution in [0, 0.1) is 5.92 Å². The van der Waals surface area contributed by atoms with Crippen LogP contribution in [0.25, 0.3) is 11.5 Å². The van der Waals surface area contributed by atoms with Gasteiger partial charge < -0.3 is 4.42 Å². The molecule has 0 saturated carbocycles. The van der Waals surface area contributed by atoms with Gasteiger partial charge in [0.2, 0.25) is 10.0 Å². The van der Waals surface area contributed by atoms with E-state index in [1.807, 2.05) is 32.0 Å². The normalized spacial score (nSPS) is 11.9. The fraction of sp³-hybridized carbons (Fsp3) is 0.357. The average molecular weight is 294 g/mol. The molecule has 5 nitrogen and oxygen atoms in total. The lowest BCUT2D eigenvalue weighted by atomic mass is 10.2. The van der Waals surface area contributed by atoms with Crippen molar-refractivity contribution >= 4 is 10.0 Å². The summed E-state index contributed by atoms with van der Waals surface area (Å²) in [6, 6.07) is 7.27. The second-order valence-corrected chi connectivity index (χ2v) is 6.88. The molecule has 0 aliphatic carbocycles. The van der Waals surface area contributed by atoms with Gasteiger partial charge in [0.05, 0.1) is 12.0 Å². The molecule has 108 valence electrons. The molecule has 0 saturated heterocycles. The zero-order chi connectivity index (χ0) is 14.6. The first-order valence-electron chi connectivity index (χ1n) is 6.42. The van der Waals surface area contributed by atoms with Crippen molar-refractivity contribution in [2.45, 2.75) is 20.4 Å². The van der Waals surface area contributed by atoms with Crippen LogP contribution in [0.15, 0.2) is 41.1 Å². The van der Waals surface area contributed by atoms with Gasteiger partial charge in [0.1, 0.15) is 5.69 Å². The molecular formula is C14H18N2O3S. The Hall–Kier alpha value is -1.66. The molecule has 0 aromatic carbocycles.